The Morgan fingerprint density at radius 2 is 1.74 bits per heavy atom. The van der Waals surface area contributed by atoms with Crippen LogP contribution in [0.2, 0.25) is 0 Å². The minimum Gasteiger partial charge on any atom is -0.508 e. The van der Waals surface area contributed by atoms with Crippen LogP contribution < -0.4 is 14.9 Å². The average Bonchev–Trinajstić information content (AvgIpc) is 3.50. The Morgan fingerprint density at radius 3 is 2.36 bits per heavy atom. The summed E-state index contributed by atoms with van der Waals surface area (Å²) in [6, 6.07) is 10.1. The maximum Gasteiger partial charge on any atom is 0.264 e. The Bertz CT molecular complexity index is 1800. The molecule has 4 N–H and O–H groups in total. The topological polar surface area (TPSA) is 158 Å². The summed E-state index contributed by atoms with van der Waals surface area (Å²) in [7, 11) is -2.08. The molecule has 3 rings (SSSR count). The number of carbonyl (C=O) groups is 1. The minimum atomic E-state index is -4.09. The number of phenols is 2. The highest BCUT2D eigenvalue weighted by atomic mass is 32.2. The first-order chi connectivity index (χ1) is 22.3. The summed E-state index contributed by atoms with van der Waals surface area (Å²) in [5.74, 6) is -0.0637. The fourth-order valence-corrected chi connectivity index (χ4v) is 5.62. The van der Waals surface area contributed by atoms with Crippen LogP contribution in [-0.2, 0) is 21.4 Å². The number of aromatic nitrogens is 2. The van der Waals surface area contributed by atoms with Crippen LogP contribution in [0, 0.1) is 5.92 Å². The van der Waals surface area contributed by atoms with E-state index in [9.17, 15) is 23.4 Å². The molecule has 1 amide bonds. The second kappa shape index (κ2) is 16.5. The van der Waals surface area contributed by atoms with E-state index in [1.165, 1.54) is 24.3 Å². The van der Waals surface area contributed by atoms with Gasteiger partial charge in [0.05, 0.1) is 16.3 Å². The highest BCUT2D eigenvalue weighted by molar-refractivity contribution is 7.94. The predicted molar refractivity (Wildman–Crippen MR) is 187 cm³/mol. The van der Waals surface area contributed by atoms with Gasteiger partial charge >= 0.3 is 0 Å². The quantitative estimate of drug-likeness (QED) is 0.102. The monoisotopic (exact) mass is 661 g/mol. The number of hydrogen-bond donors (Lipinski definition) is 4. The number of nitrogens with zero attached hydrogens (tertiary/aromatic N) is 3. The van der Waals surface area contributed by atoms with Crippen LogP contribution in [-0.4, -0.2) is 48.3 Å². The van der Waals surface area contributed by atoms with E-state index in [-0.39, 0.29) is 33.7 Å². The molecule has 1 aromatic heterocycles. The molecule has 11 nitrogen and oxygen atoms in total. The zero-order chi connectivity index (χ0) is 34.7. The molecule has 1 heterocycles. The van der Waals surface area contributed by atoms with Gasteiger partial charge in [-0.15, -0.1) is 0 Å². The normalized spacial score (nSPS) is 12.7. The first-order valence-electron chi connectivity index (χ1n) is 15.1. The molecule has 0 radical (unpaired) electrons. The second-order valence-corrected chi connectivity index (χ2v) is 12.9. The van der Waals surface area contributed by atoms with Crippen LogP contribution in [0.1, 0.15) is 52.5 Å². The maximum atomic E-state index is 12.8. The fourth-order valence-electron chi connectivity index (χ4n) is 4.50. The van der Waals surface area contributed by atoms with E-state index in [0.29, 0.717) is 29.2 Å². The molecule has 0 aliphatic rings. The summed E-state index contributed by atoms with van der Waals surface area (Å²) < 4.78 is 32.8. The number of phenolic OH excluding ortho intramolecular Hbond substituents is 2. The lowest BCUT2D eigenvalue weighted by atomic mass is 10.1. The van der Waals surface area contributed by atoms with Crippen molar-refractivity contribution in [1.29, 1.82) is 0 Å². The van der Waals surface area contributed by atoms with Crippen LogP contribution in [0.4, 0.5) is 11.4 Å². The number of aromatic hydroxyl groups is 2. The van der Waals surface area contributed by atoms with E-state index in [4.69, 9.17) is 4.52 Å². The van der Waals surface area contributed by atoms with Crippen LogP contribution in [0.15, 0.2) is 94.4 Å². The van der Waals surface area contributed by atoms with Crippen molar-refractivity contribution in [3.8, 4) is 22.9 Å². The van der Waals surface area contributed by atoms with Gasteiger partial charge in [-0.1, -0.05) is 49.9 Å². The van der Waals surface area contributed by atoms with E-state index in [1.54, 1.807) is 51.1 Å². The number of nitrogens with one attached hydrogen (secondary N) is 2. The van der Waals surface area contributed by atoms with Gasteiger partial charge in [-0.3, -0.25) is 4.79 Å². The summed E-state index contributed by atoms with van der Waals surface area (Å²) in [6.45, 7) is 14.2. The van der Waals surface area contributed by atoms with Crippen LogP contribution in [0.5, 0.6) is 11.5 Å². The highest BCUT2D eigenvalue weighted by Crippen LogP contribution is 2.32. The lowest BCUT2D eigenvalue weighted by molar-refractivity contribution is -0.115. The van der Waals surface area contributed by atoms with Gasteiger partial charge in [0, 0.05) is 42.9 Å². The molecule has 2 aromatic carbocycles. The van der Waals surface area contributed by atoms with Crippen molar-refractivity contribution < 1.29 is 27.9 Å². The molecule has 0 bridgehead atoms. The Balaban J connectivity index is 1.93. The summed E-state index contributed by atoms with van der Waals surface area (Å²) in [5.41, 5.74) is 3.27. The molecule has 0 saturated carbocycles. The third-order valence-electron chi connectivity index (χ3n) is 6.95. The molecule has 3 aromatic rings. The molecule has 47 heavy (non-hydrogen) atoms. The van der Waals surface area contributed by atoms with Crippen molar-refractivity contribution in [2.45, 2.75) is 47.6 Å². The molecule has 0 aliphatic heterocycles. The van der Waals surface area contributed by atoms with Crippen molar-refractivity contribution in [3.63, 3.8) is 0 Å². The van der Waals surface area contributed by atoms with Crippen molar-refractivity contribution in [2.75, 3.05) is 23.8 Å². The second-order valence-electron chi connectivity index (χ2n) is 11.2. The van der Waals surface area contributed by atoms with Crippen molar-refractivity contribution >= 4 is 32.9 Å². The minimum absolute atomic E-state index is 0.0351. The largest absolute Gasteiger partial charge is 0.508 e. The third-order valence-corrected chi connectivity index (χ3v) is 8.39. The summed E-state index contributed by atoms with van der Waals surface area (Å²) in [5, 5.41) is 27.4. The fraction of sp³-hybridized carbons (Fsp3) is 0.286. The number of sulfonamides is 1. The van der Waals surface area contributed by atoms with Gasteiger partial charge in [-0.05, 0) is 81.2 Å². The van der Waals surface area contributed by atoms with E-state index >= 15 is 0 Å². The summed E-state index contributed by atoms with van der Waals surface area (Å²) >= 11 is 0. The molecule has 12 heteroatoms. The third kappa shape index (κ3) is 10.2. The lowest BCUT2D eigenvalue weighted by Crippen LogP contribution is -2.31. The molecule has 0 unspecified atom stereocenters. The molecule has 0 fully saturated rings. The van der Waals surface area contributed by atoms with E-state index < -0.39 is 15.9 Å². The molecular weight excluding hydrogens is 618 g/mol. The first kappa shape index (κ1) is 36.4. The Morgan fingerprint density at radius 1 is 1.06 bits per heavy atom. The number of allylic oxidation sites excluding steroid dienone is 6. The number of benzene rings is 2. The van der Waals surface area contributed by atoms with E-state index in [1.807, 2.05) is 30.0 Å². The standard InChI is InChI=1S/C35H43N5O6S/c1-8-11-27(17-24(6)34(43)39-47(44,45)30(10-3)12-9-2)35-37-33(38-46-35)26-13-14-32(40(7)16-15-23(4)5)31(20-26)36-22-25-18-28(41)21-29(42)19-25/h8-14,17-21,23,36,41-42H,6,15-16,22H2,1-5,7H3,(H,39,43)/b11-8-,12-9-,27-17+,30-10+. The molecule has 0 saturated heterocycles. The van der Waals surface area contributed by atoms with Crippen molar-refractivity contribution in [3.05, 3.63) is 101 Å². The molecule has 0 aliphatic carbocycles. The Hall–Kier alpha value is -5.10. The zero-order valence-electron chi connectivity index (χ0n) is 27.6. The van der Waals surface area contributed by atoms with Gasteiger partial charge in [0.2, 0.25) is 5.82 Å². The van der Waals surface area contributed by atoms with E-state index in [0.717, 1.165) is 24.3 Å². The molecule has 0 spiro atoms. The summed E-state index contributed by atoms with van der Waals surface area (Å²) in [6.07, 6.45) is 10.0. The van der Waals surface area contributed by atoms with Crippen LogP contribution in [0.3, 0.4) is 0 Å². The number of anilines is 2. The number of hydrogen-bond acceptors (Lipinski definition) is 10. The average molecular weight is 662 g/mol. The first-order valence-corrected chi connectivity index (χ1v) is 16.6. The lowest BCUT2D eigenvalue weighted by Gasteiger charge is -2.24. The van der Waals surface area contributed by atoms with Crippen molar-refractivity contribution in [1.82, 2.24) is 14.9 Å². The zero-order valence-corrected chi connectivity index (χ0v) is 28.4. The number of carbonyl (C=O) groups excluding carboxylic acids is 1. The smallest absolute Gasteiger partial charge is 0.264 e. The number of amides is 1. The predicted octanol–water partition coefficient (Wildman–Crippen LogP) is 6.68. The molecular formula is C35H43N5O6S. The Labute approximate surface area is 276 Å². The van der Waals surface area contributed by atoms with Crippen molar-refractivity contribution in [2.24, 2.45) is 5.92 Å². The van der Waals surface area contributed by atoms with E-state index in [2.05, 4.69) is 40.8 Å². The van der Waals surface area contributed by atoms with Gasteiger partial charge < -0.3 is 25.0 Å². The highest BCUT2D eigenvalue weighted by Gasteiger charge is 2.21. The van der Waals surface area contributed by atoms with Crippen LogP contribution >= 0.6 is 0 Å². The molecule has 250 valence electrons. The van der Waals surface area contributed by atoms with Gasteiger partial charge in [0.15, 0.2) is 0 Å². The van der Waals surface area contributed by atoms with Gasteiger partial charge in [-0.25, -0.2) is 13.1 Å². The van der Waals surface area contributed by atoms with Crippen LogP contribution in [0.25, 0.3) is 17.0 Å². The Kier molecular flexibility index (Phi) is 12.7. The van der Waals surface area contributed by atoms with Gasteiger partial charge in [0.1, 0.15) is 11.5 Å². The van der Waals surface area contributed by atoms with Gasteiger partial charge in [-0.2, -0.15) is 4.98 Å². The summed E-state index contributed by atoms with van der Waals surface area (Å²) in [4.78, 5) is 19.4. The maximum absolute atomic E-state index is 12.8. The number of rotatable bonds is 15. The van der Waals surface area contributed by atoms with Gasteiger partial charge in [0.25, 0.3) is 21.8 Å². The SMILES string of the molecule is C=C(/C=C(\C=C/C)c1nc(-c2ccc(N(C)CCC(C)C)c(NCc3cc(O)cc(O)c3)c2)no1)C(=O)NS(=O)(=O)C(/C=C\C)=C/C. The molecule has 0 atom stereocenters.